The fourth-order valence-electron chi connectivity index (χ4n) is 3.26. The van der Waals surface area contributed by atoms with Crippen molar-refractivity contribution in [2.75, 3.05) is 25.1 Å². The molecule has 2 aliphatic heterocycles. The summed E-state index contributed by atoms with van der Waals surface area (Å²) in [7, 11) is 1.71. The van der Waals surface area contributed by atoms with Crippen LogP contribution in [0.25, 0.3) is 0 Å². The predicted molar refractivity (Wildman–Crippen MR) is 69.9 cm³/mol. The molecular weight excluding hydrogens is 228 g/mol. The van der Waals surface area contributed by atoms with Crippen LogP contribution in [0.3, 0.4) is 0 Å². The number of amides is 1. The molecular formula is C14H18N2O2. The van der Waals surface area contributed by atoms with E-state index in [-0.39, 0.29) is 0 Å². The average Bonchev–Trinajstić information content (AvgIpc) is 2.68. The molecule has 0 radical (unpaired) electrons. The number of para-hydroxylation sites is 2. The molecule has 2 bridgehead atoms. The molecule has 1 aromatic rings. The Morgan fingerprint density at radius 1 is 1.22 bits per heavy atom. The van der Waals surface area contributed by atoms with Gasteiger partial charge in [0.05, 0.1) is 12.8 Å². The number of carbonyl (C=O) groups is 1. The molecule has 1 aromatic carbocycles. The molecule has 2 saturated heterocycles. The molecule has 1 amide bonds. The van der Waals surface area contributed by atoms with Gasteiger partial charge in [-0.15, -0.1) is 0 Å². The first kappa shape index (κ1) is 11.4. The van der Waals surface area contributed by atoms with Crippen molar-refractivity contribution in [1.82, 2.24) is 4.90 Å². The third-order valence-electron chi connectivity index (χ3n) is 4.02. The first-order chi connectivity index (χ1) is 8.83. The highest BCUT2D eigenvalue weighted by Crippen LogP contribution is 2.39. The van der Waals surface area contributed by atoms with Crippen LogP contribution < -0.4 is 9.64 Å². The van der Waals surface area contributed by atoms with Crippen LogP contribution in [-0.4, -0.2) is 43.6 Å². The summed E-state index contributed by atoms with van der Waals surface area (Å²) >= 11 is 0. The van der Waals surface area contributed by atoms with Gasteiger partial charge in [0.1, 0.15) is 5.75 Å². The van der Waals surface area contributed by atoms with E-state index in [2.05, 4.69) is 11.0 Å². The van der Waals surface area contributed by atoms with Gasteiger partial charge in [-0.05, 0) is 25.0 Å². The quantitative estimate of drug-likeness (QED) is 0.758. The Labute approximate surface area is 107 Å². The normalized spacial score (nSPS) is 26.3. The second-order valence-corrected chi connectivity index (χ2v) is 5.02. The molecule has 3 rings (SSSR count). The summed E-state index contributed by atoms with van der Waals surface area (Å²) < 4.78 is 5.45. The van der Waals surface area contributed by atoms with Crippen molar-refractivity contribution in [1.29, 1.82) is 0 Å². The van der Waals surface area contributed by atoms with Gasteiger partial charge in [-0.1, -0.05) is 12.1 Å². The minimum Gasteiger partial charge on any atom is -0.495 e. The number of likely N-dealkylation sites (tertiary alicyclic amines) is 1. The summed E-state index contributed by atoms with van der Waals surface area (Å²) in [6.45, 7) is 1.66. The van der Waals surface area contributed by atoms with E-state index in [4.69, 9.17) is 4.74 Å². The maximum atomic E-state index is 10.9. The zero-order valence-corrected chi connectivity index (χ0v) is 10.6. The number of fused-ring (bicyclic) bond motifs is 2. The molecule has 0 aromatic heterocycles. The van der Waals surface area contributed by atoms with Crippen molar-refractivity contribution in [3.8, 4) is 5.75 Å². The number of benzene rings is 1. The Balaban J connectivity index is 1.91. The number of nitrogens with zero attached hydrogens (tertiary/aromatic N) is 2. The number of hydrogen-bond donors (Lipinski definition) is 0. The molecule has 4 heteroatoms. The Morgan fingerprint density at radius 3 is 2.50 bits per heavy atom. The highest BCUT2D eigenvalue weighted by molar-refractivity contribution is 5.62. The standard InChI is InChI=1S/C14H18N2O2/c1-18-14-5-3-2-4-13(14)16-11-6-7-12(16)9-15(8-11)10-17/h2-5,10-12H,6-9H2,1H3. The molecule has 2 atom stereocenters. The monoisotopic (exact) mass is 246 g/mol. The lowest BCUT2D eigenvalue weighted by molar-refractivity contribution is -0.119. The lowest BCUT2D eigenvalue weighted by Crippen LogP contribution is -2.53. The van der Waals surface area contributed by atoms with Gasteiger partial charge in [0.25, 0.3) is 0 Å². The van der Waals surface area contributed by atoms with Crippen molar-refractivity contribution < 1.29 is 9.53 Å². The molecule has 4 nitrogen and oxygen atoms in total. The highest BCUT2D eigenvalue weighted by Gasteiger charge is 2.40. The highest BCUT2D eigenvalue weighted by atomic mass is 16.5. The molecule has 2 fully saturated rings. The van der Waals surface area contributed by atoms with Gasteiger partial charge in [0.15, 0.2) is 0 Å². The van der Waals surface area contributed by atoms with Gasteiger partial charge < -0.3 is 14.5 Å². The lowest BCUT2D eigenvalue weighted by Gasteiger charge is -2.41. The number of piperazine rings is 1. The summed E-state index contributed by atoms with van der Waals surface area (Å²) in [5.41, 5.74) is 1.16. The van der Waals surface area contributed by atoms with Gasteiger partial charge in [-0.3, -0.25) is 4.79 Å². The first-order valence-electron chi connectivity index (χ1n) is 6.44. The largest absolute Gasteiger partial charge is 0.495 e. The number of anilines is 1. The van der Waals surface area contributed by atoms with Crippen LogP contribution >= 0.6 is 0 Å². The Kier molecular flexibility index (Phi) is 2.86. The van der Waals surface area contributed by atoms with Crippen LogP contribution in [-0.2, 0) is 4.79 Å². The molecule has 96 valence electrons. The molecule has 2 unspecified atom stereocenters. The number of ether oxygens (including phenoxy) is 1. The third kappa shape index (κ3) is 1.72. The molecule has 0 N–H and O–H groups in total. The van der Waals surface area contributed by atoms with E-state index in [9.17, 15) is 4.79 Å². The van der Waals surface area contributed by atoms with Crippen LogP contribution in [0.4, 0.5) is 5.69 Å². The van der Waals surface area contributed by atoms with E-state index in [1.165, 1.54) is 0 Å². The minimum absolute atomic E-state index is 0.435. The SMILES string of the molecule is COc1ccccc1N1C2CCC1CN(C=O)C2. The van der Waals surface area contributed by atoms with Gasteiger partial charge in [-0.25, -0.2) is 0 Å². The van der Waals surface area contributed by atoms with Gasteiger partial charge in [0, 0.05) is 25.2 Å². The van der Waals surface area contributed by atoms with E-state index < -0.39 is 0 Å². The minimum atomic E-state index is 0.435. The molecule has 0 spiro atoms. The van der Waals surface area contributed by atoms with Crippen molar-refractivity contribution in [2.45, 2.75) is 24.9 Å². The van der Waals surface area contributed by atoms with E-state index >= 15 is 0 Å². The number of carbonyl (C=O) groups excluding carboxylic acids is 1. The Morgan fingerprint density at radius 2 is 1.89 bits per heavy atom. The second-order valence-electron chi connectivity index (χ2n) is 5.02. The second kappa shape index (κ2) is 4.52. The summed E-state index contributed by atoms with van der Waals surface area (Å²) in [5, 5.41) is 0. The van der Waals surface area contributed by atoms with Crippen molar-refractivity contribution in [2.24, 2.45) is 0 Å². The summed E-state index contributed by atoms with van der Waals surface area (Å²) in [6.07, 6.45) is 3.30. The molecule has 18 heavy (non-hydrogen) atoms. The fourth-order valence-corrected chi connectivity index (χ4v) is 3.26. The van der Waals surface area contributed by atoms with Crippen LogP contribution in [0.2, 0.25) is 0 Å². The van der Waals surface area contributed by atoms with Gasteiger partial charge in [-0.2, -0.15) is 0 Å². The first-order valence-corrected chi connectivity index (χ1v) is 6.44. The lowest BCUT2D eigenvalue weighted by atomic mass is 10.1. The van der Waals surface area contributed by atoms with E-state index in [1.54, 1.807) is 7.11 Å². The van der Waals surface area contributed by atoms with Crippen molar-refractivity contribution >= 4 is 12.1 Å². The van der Waals surface area contributed by atoms with Gasteiger partial charge >= 0.3 is 0 Å². The number of methoxy groups -OCH3 is 1. The summed E-state index contributed by atoms with van der Waals surface area (Å²) in [5.74, 6) is 0.925. The Bertz CT molecular complexity index is 435. The molecule has 2 heterocycles. The van der Waals surface area contributed by atoms with Crippen LogP contribution in [0.1, 0.15) is 12.8 Å². The van der Waals surface area contributed by atoms with E-state index in [1.807, 2.05) is 23.1 Å². The van der Waals surface area contributed by atoms with E-state index in [0.29, 0.717) is 12.1 Å². The van der Waals surface area contributed by atoms with Crippen LogP contribution in [0.5, 0.6) is 5.75 Å². The average molecular weight is 246 g/mol. The maximum Gasteiger partial charge on any atom is 0.209 e. The Hall–Kier alpha value is -1.71. The number of rotatable bonds is 3. The van der Waals surface area contributed by atoms with Crippen LogP contribution in [0.15, 0.2) is 24.3 Å². The molecule has 0 aliphatic carbocycles. The zero-order valence-electron chi connectivity index (χ0n) is 10.6. The molecule has 2 aliphatic rings. The van der Waals surface area contributed by atoms with E-state index in [0.717, 1.165) is 43.8 Å². The van der Waals surface area contributed by atoms with Crippen molar-refractivity contribution in [3.05, 3.63) is 24.3 Å². The maximum absolute atomic E-state index is 10.9. The van der Waals surface area contributed by atoms with Gasteiger partial charge in [0.2, 0.25) is 6.41 Å². The topological polar surface area (TPSA) is 32.8 Å². The number of hydrogen-bond acceptors (Lipinski definition) is 3. The summed E-state index contributed by atoms with van der Waals surface area (Å²) in [6, 6.07) is 9.02. The predicted octanol–water partition coefficient (Wildman–Crippen LogP) is 1.50. The van der Waals surface area contributed by atoms with Crippen molar-refractivity contribution in [3.63, 3.8) is 0 Å². The smallest absolute Gasteiger partial charge is 0.209 e. The van der Waals surface area contributed by atoms with Crippen LogP contribution in [0, 0.1) is 0 Å². The molecule has 0 saturated carbocycles. The zero-order chi connectivity index (χ0) is 12.5. The third-order valence-corrected chi connectivity index (χ3v) is 4.02. The summed E-state index contributed by atoms with van der Waals surface area (Å²) in [4.78, 5) is 15.3. The fraction of sp³-hybridized carbons (Fsp3) is 0.500.